The van der Waals surface area contributed by atoms with Crippen molar-refractivity contribution in [3.63, 3.8) is 0 Å². The Morgan fingerprint density at radius 1 is 0.692 bits per heavy atom. The van der Waals surface area contributed by atoms with Crippen LogP contribution in [0.15, 0.2) is 60.7 Å². The third kappa shape index (κ3) is 7.09. The summed E-state index contributed by atoms with van der Waals surface area (Å²) in [5.41, 5.74) is 1.93. The predicted molar refractivity (Wildman–Crippen MR) is 100 cm³/mol. The van der Waals surface area contributed by atoms with Gasteiger partial charge in [-0.3, -0.25) is 9.59 Å². The van der Waals surface area contributed by atoms with E-state index in [4.69, 9.17) is 9.47 Å². The lowest BCUT2D eigenvalue weighted by Gasteiger charge is -2.18. The molecule has 0 N–H and O–H groups in total. The summed E-state index contributed by atoms with van der Waals surface area (Å²) in [6, 6.07) is 19.2. The molecule has 4 heteroatoms. The number of benzene rings is 2. The van der Waals surface area contributed by atoms with Gasteiger partial charge in [0, 0.05) is 12.8 Å². The fourth-order valence-corrected chi connectivity index (χ4v) is 2.52. The molecule has 0 unspecified atom stereocenters. The lowest BCUT2D eigenvalue weighted by molar-refractivity contribution is -0.149. The summed E-state index contributed by atoms with van der Waals surface area (Å²) in [4.78, 5) is 24.0. The second kappa shape index (κ2) is 10.4. The van der Waals surface area contributed by atoms with E-state index >= 15 is 0 Å². The maximum absolute atomic E-state index is 12.0. The lowest BCUT2D eigenvalue weighted by atomic mass is 9.90. The van der Waals surface area contributed by atoms with E-state index in [-0.39, 0.29) is 37.0 Å². The van der Waals surface area contributed by atoms with E-state index in [2.05, 4.69) is 0 Å². The summed E-state index contributed by atoms with van der Waals surface area (Å²) in [7, 11) is 0. The standard InChI is InChI=1S/C22H26O4/c1-17(13-21(23)25-15-19-9-5-3-6-10-19)18(2)14-22(24)26-16-20-11-7-4-8-12-20/h3-12,17-18H,13-16H2,1-2H3/t17-,18-/m0/s1. The number of carbonyl (C=O) groups is 2. The van der Waals surface area contributed by atoms with Gasteiger partial charge in [0.2, 0.25) is 0 Å². The molecule has 2 rings (SSSR count). The van der Waals surface area contributed by atoms with Gasteiger partial charge in [-0.1, -0.05) is 74.5 Å². The molecule has 138 valence electrons. The Labute approximate surface area is 155 Å². The Bertz CT molecular complexity index is 620. The van der Waals surface area contributed by atoms with Crippen molar-refractivity contribution in [2.24, 2.45) is 11.8 Å². The van der Waals surface area contributed by atoms with E-state index < -0.39 is 0 Å². The van der Waals surface area contributed by atoms with Crippen LogP contribution in [0.4, 0.5) is 0 Å². The molecular weight excluding hydrogens is 328 g/mol. The molecular formula is C22H26O4. The molecule has 0 saturated heterocycles. The van der Waals surface area contributed by atoms with Crippen LogP contribution in [0.1, 0.15) is 37.8 Å². The van der Waals surface area contributed by atoms with Gasteiger partial charge in [0.05, 0.1) is 0 Å². The third-order valence-corrected chi connectivity index (χ3v) is 4.43. The highest BCUT2D eigenvalue weighted by atomic mass is 16.5. The van der Waals surface area contributed by atoms with Gasteiger partial charge in [0.25, 0.3) is 0 Å². The molecule has 0 fully saturated rings. The molecule has 0 aromatic heterocycles. The zero-order chi connectivity index (χ0) is 18.8. The Hall–Kier alpha value is -2.62. The first-order chi connectivity index (χ1) is 12.5. The average Bonchev–Trinajstić information content (AvgIpc) is 2.66. The maximum Gasteiger partial charge on any atom is 0.306 e. The van der Waals surface area contributed by atoms with Gasteiger partial charge in [-0.15, -0.1) is 0 Å². The van der Waals surface area contributed by atoms with Crippen LogP contribution in [0.3, 0.4) is 0 Å². The van der Waals surface area contributed by atoms with Gasteiger partial charge in [0.15, 0.2) is 0 Å². The summed E-state index contributed by atoms with van der Waals surface area (Å²) in [6.45, 7) is 4.47. The van der Waals surface area contributed by atoms with Gasteiger partial charge >= 0.3 is 11.9 Å². The summed E-state index contributed by atoms with van der Waals surface area (Å²) in [5.74, 6) is -0.401. The number of rotatable bonds is 9. The Morgan fingerprint density at radius 2 is 1.04 bits per heavy atom. The van der Waals surface area contributed by atoms with Gasteiger partial charge in [-0.2, -0.15) is 0 Å². The number of hydrogen-bond acceptors (Lipinski definition) is 4. The molecule has 2 aromatic rings. The van der Waals surface area contributed by atoms with Crippen LogP contribution in [0.2, 0.25) is 0 Å². The van der Waals surface area contributed by atoms with Crippen molar-refractivity contribution in [2.75, 3.05) is 0 Å². The van der Waals surface area contributed by atoms with Gasteiger partial charge in [-0.25, -0.2) is 0 Å². The maximum atomic E-state index is 12.0. The summed E-state index contributed by atoms with van der Waals surface area (Å²) in [6.07, 6.45) is 0.583. The van der Waals surface area contributed by atoms with E-state index in [0.717, 1.165) is 11.1 Å². The zero-order valence-electron chi connectivity index (χ0n) is 15.4. The fraction of sp³-hybridized carbons (Fsp3) is 0.364. The highest BCUT2D eigenvalue weighted by Crippen LogP contribution is 2.20. The molecule has 0 aliphatic carbocycles. The lowest BCUT2D eigenvalue weighted by Crippen LogP contribution is -2.19. The van der Waals surface area contributed by atoms with Gasteiger partial charge in [-0.05, 0) is 23.0 Å². The zero-order valence-corrected chi connectivity index (χ0v) is 15.4. The number of hydrogen-bond donors (Lipinski definition) is 0. The highest BCUT2D eigenvalue weighted by Gasteiger charge is 2.20. The van der Waals surface area contributed by atoms with E-state index in [1.54, 1.807) is 0 Å². The normalized spacial score (nSPS) is 12.8. The number of carbonyl (C=O) groups excluding carboxylic acids is 2. The molecule has 0 saturated carbocycles. The van der Waals surface area contributed by atoms with Crippen molar-refractivity contribution in [3.8, 4) is 0 Å². The molecule has 0 bridgehead atoms. The first-order valence-electron chi connectivity index (χ1n) is 8.93. The fourth-order valence-electron chi connectivity index (χ4n) is 2.52. The van der Waals surface area contributed by atoms with Crippen molar-refractivity contribution in [3.05, 3.63) is 71.8 Å². The first-order valence-corrected chi connectivity index (χ1v) is 8.93. The first kappa shape index (κ1) is 19.7. The van der Waals surface area contributed by atoms with Crippen LogP contribution < -0.4 is 0 Å². The molecule has 26 heavy (non-hydrogen) atoms. The summed E-state index contributed by atoms with van der Waals surface area (Å²) >= 11 is 0. The van der Waals surface area contributed by atoms with E-state index in [9.17, 15) is 9.59 Å². The van der Waals surface area contributed by atoms with Crippen molar-refractivity contribution in [1.29, 1.82) is 0 Å². The van der Waals surface area contributed by atoms with E-state index in [1.807, 2.05) is 74.5 Å². The van der Waals surface area contributed by atoms with Gasteiger partial charge < -0.3 is 9.47 Å². The molecule has 0 aliphatic heterocycles. The third-order valence-electron chi connectivity index (χ3n) is 4.43. The molecule has 0 aliphatic rings. The van der Waals surface area contributed by atoms with Crippen LogP contribution in [-0.4, -0.2) is 11.9 Å². The number of ether oxygens (including phenoxy) is 2. The molecule has 0 radical (unpaired) electrons. The van der Waals surface area contributed by atoms with Crippen LogP contribution in [-0.2, 0) is 32.3 Å². The van der Waals surface area contributed by atoms with E-state index in [1.165, 1.54) is 0 Å². The minimum absolute atomic E-state index is 0.0440. The van der Waals surface area contributed by atoms with Crippen LogP contribution >= 0.6 is 0 Å². The van der Waals surface area contributed by atoms with Crippen LogP contribution in [0, 0.1) is 11.8 Å². The summed E-state index contributed by atoms with van der Waals surface area (Å²) < 4.78 is 10.6. The molecule has 4 nitrogen and oxygen atoms in total. The summed E-state index contributed by atoms with van der Waals surface area (Å²) in [5, 5.41) is 0. The van der Waals surface area contributed by atoms with E-state index in [0.29, 0.717) is 12.8 Å². The molecule has 0 amide bonds. The largest absolute Gasteiger partial charge is 0.461 e. The SMILES string of the molecule is C[C@@H](CC(=O)OCc1ccccc1)[C@@H](C)CC(=O)OCc1ccccc1. The Balaban J connectivity index is 1.68. The molecule has 2 atom stereocenters. The molecule has 0 spiro atoms. The predicted octanol–water partition coefficient (Wildman–Crippen LogP) is 4.53. The van der Waals surface area contributed by atoms with Crippen molar-refractivity contribution in [2.45, 2.75) is 39.9 Å². The van der Waals surface area contributed by atoms with Crippen molar-refractivity contribution >= 4 is 11.9 Å². The minimum Gasteiger partial charge on any atom is -0.461 e. The molecule has 0 heterocycles. The Kier molecular flexibility index (Phi) is 7.87. The smallest absolute Gasteiger partial charge is 0.306 e. The van der Waals surface area contributed by atoms with Crippen molar-refractivity contribution < 1.29 is 19.1 Å². The second-order valence-corrected chi connectivity index (χ2v) is 6.66. The quantitative estimate of drug-likeness (QED) is 0.621. The van der Waals surface area contributed by atoms with Crippen molar-refractivity contribution in [1.82, 2.24) is 0 Å². The monoisotopic (exact) mass is 354 g/mol. The topological polar surface area (TPSA) is 52.6 Å². The van der Waals surface area contributed by atoms with Gasteiger partial charge in [0.1, 0.15) is 13.2 Å². The highest BCUT2D eigenvalue weighted by molar-refractivity contribution is 5.71. The van der Waals surface area contributed by atoms with Crippen LogP contribution in [0.25, 0.3) is 0 Å². The number of esters is 2. The minimum atomic E-state index is -0.245. The van der Waals surface area contributed by atoms with Crippen LogP contribution in [0.5, 0.6) is 0 Å². The molecule has 2 aromatic carbocycles. The Morgan fingerprint density at radius 3 is 1.38 bits per heavy atom. The average molecular weight is 354 g/mol. The second-order valence-electron chi connectivity index (χ2n) is 6.66.